The molecule has 1 amide bonds. The van der Waals surface area contributed by atoms with E-state index in [1.165, 1.54) is 19.2 Å². The molecule has 0 aliphatic heterocycles. The lowest BCUT2D eigenvalue weighted by Crippen LogP contribution is -2.17. The van der Waals surface area contributed by atoms with Gasteiger partial charge in [-0.05, 0) is 42.5 Å². The molecule has 0 saturated heterocycles. The lowest BCUT2D eigenvalue weighted by Gasteiger charge is -2.11. The number of benzene rings is 2. The molecule has 3 N–H and O–H groups in total. The van der Waals surface area contributed by atoms with Crippen molar-refractivity contribution in [3.63, 3.8) is 0 Å². The largest absolute Gasteiger partial charge is 0.573 e. The molecule has 0 aliphatic carbocycles. The number of carbonyl (C=O) groups is 1. The van der Waals surface area contributed by atoms with Crippen LogP contribution in [0.4, 0.5) is 18.9 Å². The van der Waals surface area contributed by atoms with Crippen molar-refractivity contribution in [1.82, 2.24) is 0 Å². The van der Waals surface area contributed by atoms with Crippen molar-refractivity contribution in [2.75, 3.05) is 12.4 Å². The van der Waals surface area contributed by atoms with Gasteiger partial charge >= 0.3 is 6.36 Å². The smallest absolute Gasteiger partial charge is 0.495 e. The molecule has 0 heterocycles. The van der Waals surface area contributed by atoms with Crippen LogP contribution in [0, 0.1) is 0 Å². The lowest BCUT2D eigenvalue weighted by molar-refractivity contribution is -0.274. The standard InChI is InChI=1S/C15H13F3N2O5S/c1-24-12-7-4-10(8-13(12)26(19,22)23)20-14(21)9-2-5-11(6-3-9)25-15(16,17)18/h2-8H,1H3,(H,20,21)(H2,19,22,23). The number of methoxy groups -OCH3 is 1. The molecule has 0 fully saturated rings. The number of carbonyl (C=O) groups excluding carboxylic acids is 1. The summed E-state index contributed by atoms with van der Waals surface area (Å²) in [5.41, 5.74) is 0.142. The predicted octanol–water partition coefficient (Wildman–Crippen LogP) is 2.49. The average molecular weight is 390 g/mol. The Morgan fingerprint density at radius 2 is 1.73 bits per heavy atom. The zero-order chi connectivity index (χ0) is 19.5. The Bertz CT molecular complexity index is 912. The van der Waals surface area contributed by atoms with Crippen molar-refractivity contribution >= 4 is 21.6 Å². The second kappa shape index (κ2) is 7.22. The maximum atomic E-state index is 12.1. The highest BCUT2D eigenvalue weighted by Gasteiger charge is 2.31. The fourth-order valence-corrected chi connectivity index (χ4v) is 2.71. The van der Waals surface area contributed by atoms with Gasteiger partial charge in [-0.15, -0.1) is 13.2 Å². The average Bonchev–Trinajstić information content (AvgIpc) is 2.53. The fourth-order valence-electron chi connectivity index (χ4n) is 1.99. The Kier molecular flexibility index (Phi) is 5.42. The third-order valence-corrected chi connectivity index (χ3v) is 4.01. The van der Waals surface area contributed by atoms with Gasteiger partial charge in [0.25, 0.3) is 5.91 Å². The second-order valence-electron chi connectivity index (χ2n) is 4.94. The maximum Gasteiger partial charge on any atom is 0.573 e. The number of nitrogens with one attached hydrogen (secondary N) is 1. The molecule has 0 spiro atoms. The topological polar surface area (TPSA) is 108 Å². The molecule has 26 heavy (non-hydrogen) atoms. The molecule has 0 aromatic heterocycles. The van der Waals surface area contributed by atoms with Crippen LogP contribution in [0.3, 0.4) is 0 Å². The summed E-state index contributed by atoms with van der Waals surface area (Å²) < 4.78 is 68.0. The van der Waals surface area contributed by atoms with Crippen LogP contribution in [0.5, 0.6) is 11.5 Å². The van der Waals surface area contributed by atoms with Crippen molar-refractivity contribution in [2.24, 2.45) is 5.14 Å². The number of halogens is 3. The van der Waals surface area contributed by atoms with E-state index in [1.807, 2.05) is 0 Å². The van der Waals surface area contributed by atoms with E-state index >= 15 is 0 Å². The first-order valence-electron chi connectivity index (χ1n) is 6.87. The van der Waals surface area contributed by atoms with Crippen LogP contribution in [0.2, 0.25) is 0 Å². The minimum Gasteiger partial charge on any atom is -0.495 e. The van der Waals surface area contributed by atoms with Crippen LogP contribution < -0.4 is 19.9 Å². The van der Waals surface area contributed by atoms with E-state index in [0.717, 1.165) is 30.3 Å². The molecule has 2 rings (SSSR count). The van der Waals surface area contributed by atoms with E-state index in [4.69, 9.17) is 9.88 Å². The van der Waals surface area contributed by atoms with E-state index in [2.05, 4.69) is 10.1 Å². The van der Waals surface area contributed by atoms with E-state index in [0.29, 0.717) is 0 Å². The molecule has 0 atom stereocenters. The Morgan fingerprint density at radius 1 is 1.12 bits per heavy atom. The number of anilines is 1. The number of rotatable bonds is 5. The summed E-state index contributed by atoms with van der Waals surface area (Å²) in [4.78, 5) is 11.8. The summed E-state index contributed by atoms with van der Waals surface area (Å²) in [6, 6.07) is 7.99. The molecular weight excluding hydrogens is 377 g/mol. The number of sulfonamides is 1. The third kappa shape index (κ3) is 5.10. The second-order valence-corrected chi connectivity index (χ2v) is 6.47. The summed E-state index contributed by atoms with van der Waals surface area (Å²) >= 11 is 0. The SMILES string of the molecule is COc1ccc(NC(=O)c2ccc(OC(F)(F)F)cc2)cc1S(N)(=O)=O. The molecule has 2 aromatic carbocycles. The van der Waals surface area contributed by atoms with Crippen LogP contribution >= 0.6 is 0 Å². The van der Waals surface area contributed by atoms with Crippen molar-refractivity contribution in [2.45, 2.75) is 11.3 Å². The van der Waals surface area contributed by atoms with Crippen molar-refractivity contribution < 1.29 is 35.9 Å². The summed E-state index contributed by atoms with van der Waals surface area (Å²) in [6.07, 6.45) is -4.84. The molecule has 0 bridgehead atoms. The Labute approximate surface area is 146 Å². The van der Waals surface area contributed by atoms with Gasteiger partial charge < -0.3 is 14.8 Å². The van der Waals surface area contributed by atoms with Gasteiger partial charge in [0.1, 0.15) is 16.4 Å². The lowest BCUT2D eigenvalue weighted by atomic mass is 10.2. The fraction of sp³-hybridized carbons (Fsp3) is 0.133. The summed E-state index contributed by atoms with van der Waals surface area (Å²) in [5.74, 6) is -1.15. The number of hydrogen-bond acceptors (Lipinski definition) is 5. The highest BCUT2D eigenvalue weighted by Crippen LogP contribution is 2.27. The van der Waals surface area contributed by atoms with E-state index in [-0.39, 0.29) is 21.9 Å². The molecule has 0 saturated carbocycles. The molecule has 2 aromatic rings. The maximum absolute atomic E-state index is 12.1. The van der Waals surface area contributed by atoms with E-state index in [9.17, 15) is 26.4 Å². The summed E-state index contributed by atoms with van der Waals surface area (Å²) in [6.45, 7) is 0. The van der Waals surface area contributed by atoms with Crippen LogP contribution in [0.15, 0.2) is 47.4 Å². The highest BCUT2D eigenvalue weighted by atomic mass is 32.2. The highest BCUT2D eigenvalue weighted by molar-refractivity contribution is 7.89. The monoisotopic (exact) mass is 390 g/mol. The Hall–Kier alpha value is -2.79. The number of hydrogen-bond donors (Lipinski definition) is 2. The van der Waals surface area contributed by atoms with Crippen molar-refractivity contribution in [3.8, 4) is 11.5 Å². The number of amides is 1. The van der Waals surface area contributed by atoms with Crippen LogP contribution in [0.1, 0.15) is 10.4 Å². The first-order chi connectivity index (χ1) is 12.0. The van der Waals surface area contributed by atoms with E-state index < -0.39 is 28.0 Å². The van der Waals surface area contributed by atoms with Crippen LogP contribution in [-0.2, 0) is 10.0 Å². The molecule has 11 heteroatoms. The Morgan fingerprint density at radius 3 is 2.23 bits per heavy atom. The molecule has 140 valence electrons. The number of primary sulfonamides is 1. The minimum atomic E-state index is -4.84. The van der Waals surface area contributed by atoms with Gasteiger partial charge in [-0.3, -0.25) is 4.79 Å². The zero-order valence-electron chi connectivity index (χ0n) is 13.2. The van der Waals surface area contributed by atoms with Gasteiger partial charge in [0.2, 0.25) is 10.0 Å². The van der Waals surface area contributed by atoms with Gasteiger partial charge in [0, 0.05) is 11.3 Å². The van der Waals surface area contributed by atoms with Gasteiger partial charge in [0.15, 0.2) is 0 Å². The quantitative estimate of drug-likeness (QED) is 0.816. The van der Waals surface area contributed by atoms with E-state index in [1.54, 1.807) is 0 Å². The minimum absolute atomic E-state index is 0.000786. The Balaban J connectivity index is 2.20. The van der Waals surface area contributed by atoms with Crippen molar-refractivity contribution in [1.29, 1.82) is 0 Å². The van der Waals surface area contributed by atoms with Gasteiger partial charge in [-0.1, -0.05) is 0 Å². The molecular formula is C15H13F3N2O5S. The van der Waals surface area contributed by atoms with Crippen LogP contribution in [-0.4, -0.2) is 27.8 Å². The van der Waals surface area contributed by atoms with Gasteiger partial charge in [-0.2, -0.15) is 0 Å². The number of ether oxygens (including phenoxy) is 2. The predicted molar refractivity (Wildman–Crippen MR) is 85.4 cm³/mol. The first-order valence-corrected chi connectivity index (χ1v) is 8.42. The van der Waals surface area contributed by atoms with Gasteiger partial charge in [0.05, 0.1) is 7.11 Å². The third-order valence-electron chi connectivity index (χ3n) is 3.08. The van der Waals surface area contributed by atoms with Crippen molar-refractivity contribution in [3.05, 3.63) is 48.0 Å². The normalized spacial score (nSPS) is 11.7. The van der Waals surface area contributed by atoms with Crippen LogP contribution in [0.25, 0.3) is 0 Å². The number of alkyl halides is 3. The molecule has 7 nitrogen and oxygen atoms in total. The summed E-state index contributed by atoms with van der Waals surface area (Å²) in [7, 11) is -2.83. The summed E-state index contributed by atoms with van der Waals surface area (Å²) in [5, 5.41) is 7.50. The number of nitrogens with two attached hydrogens (primary N) is 1. The molecule has 0 unspecified atom stereocenters. The zero-order valence-corrected chi connectivity index (χ0v) is 14.0. The molecule has 0 aliphatic rings. The first kappa shape index (κ1) is 19.5. The van der Waals surface area contributed by atoms with Gasteiger partial charge in [-0.25, -0.2) is 13.6 Å². The molecule has 0 radical (unpaired) electrons.